The van der Waals surface area contributed by atoms with Gasteiger partial charge < -0.3 is 5.32 Å². The second kappa shape index (κ2) is 13.5. The van der Waals surface area contributed by atoms with E-state index in [0.717, 1.165) is 19.3 Å². The lowest BCUT2D eigenvalue weighted by Gasteiger charge is -1.91. The Bertz CT molecular complexity index is 311. The summed E-state index contributed by atoms with van der Waals surface area (Å²) in [5, 5.41) is 2.68. The lowest BCUT2D eigenvalue weighted by molar-refractivity contribution is -0.115. The van der Waals surface area contributed by atoms with Crippen molar-refractivity contribution in [2.45, 2.75) is 46.0 Å². The topological polar surface area (TPSA) is 29.1 Å². The molecule has 0 atom stereocenters. The monoisotopic (exact) mass is 247 g/mol. The van der Waals surface area contributed by atoms with Crippen LogP contribution in [0.5, 0.6) is 0 Å². The Balaban J connectivity index is 3.70. The van der Waals surface area contributed by atoms with Crippen molar-refractivity contribution in [2.24, 2.45) is 0 Å². The SMILES string of the molecule is CCCC=CNC(=O)C=CC=CC=CCCCC. The fourth-order valence-electron chi connectivity index (χ4n) is 1.21. The predicted molar refractivity (Wildman–Crippen MR) is 79.1 cm³/mol. The van der Waals surface area contributed by atoms with E-state index < -0.39 is 0 Å². The van der Waals surface area contributed by atoms with Crippen LogP contribution in [0.2, 0.25) is 0 Å². The summed E-state index contributed by atoms with van der Waals surface area (Å²) in [6, 6.07) is 0. The van der Waals surface area contributed by atoms with Crippen molar-refractivity contribution in [1.82, 2.24) is 5.32 Å². The number of unbranched alkanes of at least 4 members (excludes halogenated alkanes) is 3. The molecule has 0 fully saturated rings. The first kappa shape index (κ1) is 16.4. The number of hydrogen-bond donors (Lipinski definition) is 1. The summed E-state index contributed by atoms with van der Waals surface area (Å²) < 4.78 is 0. The maximum Gasteiger partial charge on any atom is 0.247 e. The Morgan fingerprint density at radius 3 is 2.44 bits per heavy atom. The van der Waals surface area contributed by atoms with E-state index in [0.29, 0.717) is 0 Å². The maximum atomic E-state index is 11.3. The van der Waals surface area contributed by atoms with Gasteiger partial charge in [-0.05, 0) is 12.8 Å². The maximum absolute atomic E-state index is 11.3. The average Bonchev–Trinajstić information content (AvgIpc) is 2.38. The third kappa shape index (κ3) is 12.5. The van der Waals surface area contributed by atoms with Crippen molar-refractivity contribution < 1.29 is 4.79 Å². The molecule has 0 bridgehead atoms. The predicted octanol–water partition coefficient (Wildman–Crippen LogP) is 4.28. The summed E-state index contributed by atoms with van der Waals surface area (Å²) in [5.41, 5.74) is 0. The Morgan fingerprint density at radius 2 is 1.72 bits per heavy atom. The zero-order chi connectivity index (χ0) is 13.5. The minimum absolute atomic E-state index is 0.0954. The fraction of sp³-hybridized carbons (Fsp3) is 0.438. The van der Waals surface area contributed by atoms with E-state index in [4.69, 9.17) is 0 Å². The summed E-state index contributed by atoms with van der Waals surface area (Å²) in [4.78, 5) is 11.3. The second-order valence-corrected chi connectivity index (χ2v) is 4.01. The molecule has 0 aromatic carbocycles. The van der Waals surface area contributed by atoms with E-state index in [1.807, 2.05) is 24.3 Å². The smallest absolute Gasteiger partial charge is 0.247 e. The summed E-state index contributed by atoms with van der Waals surface area (Å²) in [6.45, 7) is 4.28. The van der Waals surface area contributed by atoms with Crippen molar-refractivity contribution in [3.05, 3.63) is 48.7 Å². The van der Waals surface area contributed by atoms with E-state index in [-0.39, 0.29) is 5.91 Å². The minimum Gasteiger partial charge on any atom is -0.329 e. The molecular weight excluding hydrogens is 222 g/mol. The van der Waals surface area contributed by atoms with Gasteiger partial charge in [0, 0.05) is 12.3 Å². The van der Waals surface area contributed by atoms with Crippen LogP contribution in [-0.4, -0.2) is 5.91 Å². The molecule has 18 heavy (non-hydrogen) atoms. The summed E-state index contributed by atoms with van der Waals surface area (Å²) >= 11 is 0. The van der Waals surface area contributed by atoms with Crippen molar-refractivity contribution in [1.29, 1.82) is 0 Å². The van der Waals surface area contributed by atoms with Gasteiger partial charge in [0.15, 0.2) is 0 Å². The minimum atomic E-state index is -0.0954. The number of amides is 1. The number of allylic oxidation sites excluding steroid dienone is 6. The largest absolute Gasteiger partial charge is 0.329 e. The molecule has 0 aliphatic carbocycles. The van der Waals surface area contributed by atoms with Gasteiger partial charge in [0.05, 0.1) is 0 Å². The van der Waals surface area contributed by atoms with Crippen molar-refractivity contribution in [2.75, 3.05) is 0 Å². The van der Waals surface area contributed by atoms with Crippen molar-refractivity contribution in [3.63, 3.8) is 0 Å². The average molecular weight is 247 g/mol. The van der Waals surface area contributed by atoms with Gasteiger partial charge in [-0.25, -0.2) is 0 Å². The third-order valence-corrected chi connectivity index (χ3v) is 2.24. The van der Waals surface area contributed by atoms with Gasteiger partial charge in [0.25, 0.3) is 0 Å². The molecule has 0 rings (SSSR count). The number of carbonyl (C=O) groups excluding carboxylic acids is 1. The molecule has 1 amide bonds. The van der Waals surface area contributed by atoms with Gasteiger partial charge in [-0.15, -0.1) is 0 Å². The van der Waals surface area contributed by atoms with Gasteiger partial charge in [-0.3, -0.25) is 4.79 Å². The van der Waals surface area contributed by atoms with Crippen LogP contribution in [0.15, 0.2) is 48.7 Å². The lowest BCUT2D eigenvalue weighted by Crippen LogP contribution is -2.13. The van der Waals surface area contributed by atoms with Crippen LogP contribution in [-0.2, 0) is 4.79 Å². The highest BCUT2D eigenvalue weighted by Gasteiger charge is 1.86. The molecule has 2 nitrogen and oxygen atoms in total. The number of nitrogens with one attached hydrogen (secondary N) is 1. The van der Waals surface area contributed by atoms with Gasteiger partial charge in [-0.1, -0.05) is 69.6 Å². The molecule has 2 heteroatoms. The molecule has 1 N–H and O–H groups in total. The first-order valence-electron chi connectivity index (χ1n) is 6.76. The summed E-state index contributed by atoms with van der Waals surface area (Å²) in [6.07, 6.45) is 20.5. The molecule has 100 valence electrons. The van der Waals surface area contributed by atoms with Gasteiger partial charge in [0.1, 0.15) is 0 Å². The lowest BCUT2D eigenvalue weighted by atomic mass is 10.2. The van der Waals surface area contributed by atoms with E-state index in [2.05, 4.69) is 25.2 Å². The standard InChI is InChI=1S/C16H25NO/c1-3-5-7-8-9-10-11-12-14-16(18)17-15-13-6-4-2/h8-15H,3-7H2,1-2H3,(H,17,18). The van der Waals surface area contributed by atoms with Crippen LogP contribution in [0.25, 0.3) is 0 Å². The highest BCUT2D eigenvalue weighted by Crippen LogP contribution is 1.94. The van der Waals surface area contributed by atoms with Crippen LogP contribution in [0.1, 0.15) is 46.0 Å². The van der Waals surface area contributed by atoms with Crippen molar-refractivity contribution in [3.8, 4) is 0 Å². The molecule has 0 spiro atoms. The quantitative estimate of drug-likeness (QED) is 0.368. The molecular formula is C16H25NO. The third-order valence-electron chi connectivity index (χ3n) is 2.24. The highest BCUT2D eigenvalue weighted by molar-refractivity contribution is 5.88. The van der Waals surface area contributed by atoms with Gasteiger partial charge in [0.2, 0.25) is 5.91 Å². The molecule has 0 saturated heterocycles. The molecule has 0 saturated carbocycles. The first-order valence-corrected chi connectivity index (χ1v) is 6.76. The van der Waals surface area contributed by atoms with Crippen LogP contribution in [0, 0.1) is 0 Å². The Hall–Kier alpha value is -1.57. The zero-order valence-electron chi connectivity index (χ0n) is 11.6. The number of carbonyl (C=O) groups is 1. The zero-order valence-corrected chi connectivity index (χ0v) is 11.6. The van der Waals surface area contributed by atoms with E-state index in [1.54, 1.807) is 12.3 Å². The molecule has 0 aromatic rings. The van der Waals surface area contributed by atoms with Crippen LogP contribution < -0.4 is 5.32 Å². The Morgan fingerprint density at radius 1 is 0.944 bits per heavy atom. The van der Waals surface area contributed by atoms with Crippen molar-refractivity contribution >= 4 is 5.91 Å². The summed E-state index contributed by atoms with van der Waals surface area (Å²) in [5.74, 6) is -0.0954. The molecule has 0 unspecified atom stereocenters. The van der Waals surface area contributed by atoms with Gasteiger partial charge in [-0.2, -0.15) is 0 Å². The highest BCUT2D eigenvalue weighted by atomic mass is 16.1. The second-order valence-electron chi connectivity index (χ2n) is 4.01. The first-order chi connectivity index (χ1) is 8.81. The van der Waals surface area contributed by atoms with Crippen LogP contribution >= 0.6 is 0 Å². The van der Waals surface area contributed by atoms with Gasteiger partial charge >= 0.3 is 0 Å². The Labute approximate surface area is 111 Å². The number of rotatable bonds is 9. The van der Waals surface area contributed by atoms with E-state index in [9.17, 15) is 4.79 Å². The normalized spacial score (nSPS) is 12.3. The molecule has 0 heterocycles. The Kier molecular flexibility index (Phi) is 12.3. The van der Waals surface area contributed by atoms with Crippen LogP contribution in [0.4, 0.5) is 0 Å². The molecule has 0 aliphatic rings. The molecule has 0 aliphatic heterocycles. The van der Waals surface area contributed by atoms with Crippen LogP contribution in [0.3, 0.4) is 0 Å². The molecule has 0 aromatic heterocycles. The fourth-order valence-corrected chi connectivity index (χ4v) is 1.21. The summed E-state index contributed by atoms with van der Waals surface area (Å²) in [7, 11) is 0. The van der Waals surface area contributed by atoms with E-state index in [1.165, 1.54) is 18.9 Å². The number of hydrogen-bond acceptors (Lipinski definition) is 1. The molecule has 0 radical (unpaired) electrons. The van der Waals surface area contributed by atoms with E-state index >= 15 is 0 Å².